The summed E-state index contributed by atoms with van der Waals surface area (Å²) in [5.41, 5.74) is 5.53. The van der Waals surface area contributed by atoms with Crippen molar-refractivity contribution < 1.29 is 14.4 Å². The zero-order valence-corrected chi connectivity index (χ0v) is 15.7. The van der Waals surface area contributed by atoms with Crippen molar-refractivity contribution in [3.63, 3.8) is 0 Å². The average Bonchev–Trinajstić information content (AvgIpc) is 2.67. The molecule has 6 nitrogen and oxygen atoms in total. The first kappa shape index (κ1) is 20.5. The molecule has 8 heteroatoms. The van der Waals surface area contributed by atoms with Crippen LogP contribution in [-0.4, -0.2) is 24.3 Å². The second-order valence-corrected chi connectivity index (χ2v) is 6.26. The molecule has 0 bridgehead atoms. The van der Waals surface area contributed by atoms with Crippen LogP contribution in [0.25, 0.3) is 6.08 Å². The van der Waals surface area contributed by atoms with Gasteiger partial charge in [-0.05, 0) is 29.8 Å². The van der Waals surface area contributed by atoms with Crippen molar-refractivity contribution in [3.05, 3.63) is 75.8 Å². The first-order valence-corrected chi connectivity index (χ1v) is 8.76. The Morgan fingerprint density at radius 2 is 1.70 bits per heavy atom. The van der Waals surface area contributed by atoms with Gasteiger partial charge in [-0.15, -0.1) is 0 Å². The summed E-state index contributed by atoms with van der Waals surface area (Å²) >= 11 is 11.7. The molecule has 3 amide bonds. The van der Waals surface area contributed by atoms with Gasteiger partial charge in [0.25, 0.3) is 5.91 Å². The highest BCUT2D eigenvalue weighted by Gasteiger charge is 2.12. The molecule has 0 aromatic heterocycles. The second kappa shape index (κ2) is 10.4. The van der Waals surface area contributed by atoms with Crippen molar-refractivity contribution in [3.8, 4) is 0 Å². The summed E-state index contributed by atoms with van der Waals surface area (Å²) in [5, 5.41) is 3.14. The predicted octanol–water partition coefficient (Wildman–Crippen LogP) is 2.97. The van der Waals surface area contributed by atoms with Crippen LogP contribution >= 0.6 is 23.2 Å². The number of halogens is 2. The van der Waals surface area contributed by atoms with Crippen LogP contribution in [0.1, 0.15) is 22.3 Å². The van der Waals surface area contributed by atoms with Crippen LogP contribution in [0.3, 0.4) is 0 Å². The molecule has 0 atom stereocenters. The summed E-state index contributed by atoms with van der Waals surface area (Å²) in [6.07, 6.45) is 3.05. The number of carbonyl (C=O) groups is 3. The van der Waals surface area contributed by atoms with E-state index in [9.17, 15) is 14.4 Å². The van der Waals surface area contributed by atoms with E-state index in [-0.39, 0.29) is 29.5 Å². The number of hydrogen-bond donors (Lipinski definition) is 3. The van der Waals surface area contributed by atoms with E-state index < -0.39 is 11.8 Å². The molecule has 0 fully saturated rings. The zero-order chi connectivity index (χ0) is 19.6. The van der Waals surface area contributed by atoms with E-state index in [1.54, 1.807) is 12.1 Å². The molecule has 140 valence electrons. The third-order valence-corrected chi connectivity index (χ3v) is 3.93. The topological polar surface area (TPSA) is 87.3 Å². The number of hydrogen-bond acceptors (Lipinski definition) is 3. The van der Waals surface area contributed by atoms with Gasteiger partial charge in [0.2, 0.25) is 11.8 Å². The van der Waals surface area contributed by atoms with Gasteiger partial charge in [-0.1, -0.05) is 53.5 Å². The summed E-state index contributed by atoms with van der Waals surface area (Å²) in [6, 6.07) is 13.8. The van der Waals surface area contributed by atoms with Crippen molar-refractivity contribution in [1.82, 2.24) is 16.2 Å². The molecular formula is C19H17Cl2N3O3. The fourth-order valence-electron chi connectivity index (χ4n) is 2.02. The lowest BCUT2D eigenvalue weighted by molar-refractivity contribution is -0.122. The predicted molar refractivity (Wildman–Crippen MR) is 105 cm³/mol. The molecule has 0 spiro atoms. The molecular weight excluding hydrogens is 389 g/mol. The zero-order valence-electron chi connectivity index (χ0n) is 14.2. The molecule has 0 saturated heterocycles. The van der Waals surface area contributed by atoms with Gasteiger partial charge in [-0.3, -0.25) is 25.2 Å². The number of rotatable bonds is 6. The summed E-state index contributed by atoms with van der Waals surface area (Å²) in [7, 11) is 0. The Hall–Kier alpha value is -2.83. The fourth-order valence-corrected chi connectivity index (χ4v) is 2.40. The summed E-state index contributed by atoms with van der Waals surface area (Å²) in [6.45, 7) is 0.123. The van der Waals surface area contributed by atoms with Crippen molar-refractivity contribution in [1.29, 1.82) is 0 Å². The third-order valence-electron chi connectivity index (χ3n) is 3.37. The Kier molecular flexibility index (Phi) is 7.85. The molecule has 0 aliphatic carbocycles. The molecule has 0 heterocycles. The van der Waals surface area contributed by atoms with Gasteiger partial charge >= 0.3 is 0 Å². The van der Waals surface area contributed by atoms with Crippen LogP contribution in [-0.2, 0) is 9.59 Å². The number of hydrazine groups is 1. The first-order chi connectivity index (χ1) is 13.0. The van der Waals surface area contributed by atoms with Gasteiger partial charge in [-0.25, -0.2) is 0 Å². The molecule has 3 N–H and O–H groups in total. The Balaban J connectivity index is 1.70. The fraction of sp³-hybridized carbons (Fsp3) is 0.105. The third kappa shape index (κ3) is 7.13. The van der Waals surface area contributed by atoms with E-state index >= 15 is 0 Å². The van der Waals surface area contributed by atoms with E-state index in [0.29, 0.717) is 5.02 Å². The lowest BCUT2D eigenvalue weighted by Gasteiger charge is -2.09. The van der Waals surface area contributed by atoms with Gasteiger partial charge < -0.3 is 5.32 Å². The van der Waals surface area contributed by atoms with Crippen LogP contribution in [0, 0.1) is 0 Å². The highest BCUT2D eigenvalue weighted by molar-refractivity contribution is 6.35. The Morgan fingerprint density at radius 1 is 0.963 bits per heavy atom. The summed E-state index contributed by atoms with van der Waals surface area (Å²) in [4.78, 5) is 35.4. The molecule has 0 unspecified atom stereocenters. The van der Waals surface area contributed by atoms with E-state index in [4.69, 9.17) is 23.2 Å². The number of benzene rings is 2. The lowest BCUT2D eigenvalue weighted by atomic mass is 10.2. The SMILES string of the molecule is O=C(/C=C/c1ccccc1)NCCC(=O)NNC(=O)c1cc(Cl)ccc1Cl. The minimum atomic E-state index is -0.592. The smallest absolute Gasteiger partial charge is 0.271 e. The Labute approximate surface area is 166 Å². The van der Waals surface area contributed by atoms with Gasteiger partial charge in [0, 0.05) is 24.1 Å². The van der Waals surface area contributed by atoms with E-state index in [2.05, 4.69) is 16.2 Å². The van der Waals surface area contributed by atoms with Gasteiger partial charge in [0.05, 0.1) is 10.6 Å². The van der Waals surface area contributed by atoms with Crippen LogP contribution < -0.4 is 16.2 Å². The van der Waals surface area contributed by atoms with Crippen molar-refractivity contribution in [2.75, 3.05) is 6.54 Å². The maximum Gasteiger partial charge on any atom is 0.271 e. The minimum Gasteiger partial charge on any atom is -0.352 e. The molecule has 0 aliphatic heterocycles. The van der Waals surface area contributed by atoms with Crippen LogP contribution in [0.4, 0.5) is 0 Å². The quantitative estimate of drug-likeness (QED) is 0.509. The van der Waals surface area contributed by atoms with Gasteiger partial charge in [-0.2, -0.15) is 0 Å². The Morgan fingerprint density at radius 3 is 2.44 bits per heavy atom. The highest BCUT2D eigenvalue weighted by atomic mass is 35.5. The molecule has 0 aliphatic rings. The largest absolute Gasteiger partial charge is 0.352 e. The second-order valence-electron chi connectivity index (χ2n) is 5.41. The monoisotopic (exact) mass is 405 g/mol. The number of carbonyl (C=O) groups excluding carboxylic acids is 3. The number of amides is 3. The van der Waals surface area contributed by atoms with E-state index in [0.717, 1.165) is 5.56 Å². The average molecular weight is 406 g/mol. The standard InChI is InChI=1S/C19H17Cl2N3O3/c20-14-7-8-16(21)15(12-14)19(27)24-23-18(26)10-11-22-17(25)9-6-13-4-2-1-3-5-13/h1-9,12H,10-11H2,(H,22,25)(H,23,26)(H,24,27)/b9-6+. The van der Waals surface area contributed by atoms with Gasteiger partial charge in [0.1, 0.15) is 0 Å². The molecule has 0 saturated carbocycles. The van der Waals surface area contributed by atoms with E-state index in [1.807, 2.05) is 30.3 Å². The van der Waals surface area contributed by atoms with Crippen molar-refractivity contribution in [2.45, 2.75) is 6.42 Å². The van der Waals surface area contributed by atoms with Crippen LogP contribution in [0.15, 0.2) is 54.6 Å². The van der Waals surface area contributed by atoms with Crippen molar-refractivity contribution in [2.24, 2.45) is 0 Å². The van der Waals surface area contributed by atoms with Crippen LogP contribution in [0.2, 0.25) is 10.0 Å². The highest BCUT2D eigenvalue weighted by Crippen LogP contribution is 2.20. The molecule has 0 radical (unpaired) electrons. The normalized spacial score (nSPS) is 10.4. The molecule has 2 rings (SSSR count). The van der Waals surface area contributed by atoms with Crippen molar-refractivity contribution >= 4 is 47.0 Å². The summed E-state index contributed by atoms with van der Waals surface area (Å²) < 4.78 is 0. The lowest BCUT2D eigenvalue weighted by Crippen LogP contribution is -2.42. The maximum atomic E-state index is 12.0. The van der Waals surface area contributed by atoms with Crippen LogP contribution in [0.5, 0.6) is 0 Å². The molecule has 2 aromatic rings. The van der Waals surface area contributed by atoms with Gasteiger partial charge in [0.15, 0.2) is 0 Å². The van der Waals surface area contributed by atoms with E-state index in [1.165, 1.54) is 18.2 Å². The first-order valence-electron chi connectivity index (χ1n) is 8.01. The summed E-state index contributed by atoms with van der Waals surface area (Å²) in [5.74, 6) is -1.37. The maximum absolute atomic E-state index is 12.0. The molecule has 27 heavy (non-hydrogen) atoms. The Bertz CT molecular complexity index is 855. The molecule has 2 aromatic carbocycles. The minimum absolute atomic E-state index is 0.00548. The number of nitrogens with one attached hydrogen (secondary N) is 3.